The predicted octanol–water partition coefficient (Wildman–Crippen LogP) is 2.42. The Hall–Kier alpha value is -1.47. The van der Waals surface area contributed by atoms with Crippen molar-refractivity contribution in [3.05, 3.63) is 40.6 Å². The molecule has 0 atom stereocenters. The van der Waals surface area contributed by atoms with Crippen LogP contribution in [0.2, 0.25) is 0 Å². The molecule has 0 aliphatic carbocycles. The lowest BCUT2D eigenvalue weighted by Gasteiger charge is -2.04. The fraction of sp³-hybridized carbons (Fsp3) is 0. The second-order valence-electron chi connectivity index (χ2n) is 3.13. The molecule has 0 spiro atoms. The van der Waals surface area contributed by atoms with E-state index < -0.39 is 0 Å². The topological polar surface area (TPSA) is 87.3 Å². The van der Waals surface area contributed by atoms with E-state index in [0.29, 0.717) is 5.56 Å². The Morgan fingerprint density at radius 3 is 2.94 bits per heavy atom. The number of rotatable bonds is 3. The molecule has 0 unspecified atom stereocenters. The molecule has 1 heterocycles. The van der Waals surface area contributed by atoms with Crippen molar-refractivity contribution in [3.8, 4) is 0 Å². The Morgan fingerprint density at radius 2 is 2.35 bits per heavy atom. The highest BCUT2D eigenvalue weighted by molar-refractivity contribution is 9.10. The number of aromatic amines is 1. The Balaban J connectivity index is 2.26. The van der Waals surface area contributed by atoms with Crippen LogP contribution in [0.4, 0.5) is 0 Å². The Morgan fingerprint density at radius 1 is 1.53 bits per heavy atom. The second-order valence-corrected chi connectivity index (χ2v) is 5.01. The summed E-state index contributed by atoms with van der Waals surface area (Å²) in [4.78, 5) is 8.12. The first kappa shape index (κ1) is 12.0. The van der Waals surface area contributed by atoms with E-state index in [9.17, 15) is 0 Å². The average Bonchev–Trinajstić information content (AvgIpc) is 2.83. The number of nitrogens with zero attached hydrogens (tertiary/aromatic N) is 2. The van der Waals surface area contributed by atoms with Crippen LogP contribution in [0.15, 0.2) is 50.3 Å². The summed E-state index contributed by atoms with van der Waals surface area (Å²) in [5, 5.41) is 12.3. The minimum absolute atomic E-state index is 0.0836. The van der Waals surface area contributed by atoms with Gasteiger partial charge in [0.2, 0.25) is 0 Å². The van der Waals surface area contributed by atoms with Crippen LogP contribution < -0.4 is 5.73 Å². The number of amidine groups is 1. The number of benzene rings is 1. The van der Waals surface area contributed by atoms with Gasteiger partial charge in [0.1, 0.15) is 0 Å². The van der Waals surface area contributed by atoms with Gasteiger partial charge in [0.15, 0.2) is 11.0 Å². The summed E-state index contributed by atoms with van der Waals surface area (Å²) in [6.07, 6.45) is 3.46. The quantitative estimate of drug-likeness (QED) is 0.351. The van der Waals surface area contributed by atoms with Crippen LogP contribution in [0.25, 0.3) is 0 Å². The molecule has 2 aromatic rings. The number of nitrogens with one attached hydrogen (secondary N) is 1. The smallest absolute Gasteiger partial charge is 0.170 e. The van der Waals surface area contributed by atoms with Crippen LogP contribution in [-0.2, 0) is 0 Å². The van der Waals surface area contributed by atoms with Gasteiger partial charge in [-0.25, -0.2) is 4.98 Å². The van der Waals surface area contributed by atoms with Gasteiger partial charge in [-0.1, -0.05) is 16.9 Å². The van der Waals surface area contributed by atoms with E-state index in [0.717, 1.165) is 14.5 Å². The normalized spacial score (nSPS) is 11.7. The first-order valence-electron chi connectivity index (χ1n) is 4.65. The van der Waals surface area contributed by atoms with E-state index in [1.807, 2.05) is 6.07 Å². The highest BCUT2D eigenvalue weighted by Gasteiger charge is 2.07. The minimum Gasteiger partial charge on any atom is -0.409 e. The van der Waals surface area contributed by atoms with Crippen LogP contribution in [-0.4, -0.2) is 21.0 Å². The van der Waals surface area contributed by atoms with Crippen molar-refractivity contribution >= 4 is 33.5 Å². The molecule has 0 aliphatic rings. The monoisotopic (exact) mass is 312 g/mol. The van der Waals surface area contributed by atoms with Crippen molar-refractivity contribution in [3.63, 3.8) is 0 Å². The molecule has 88 valence electrons. The largest absolute Gasteiger partial charge is 0.409 e. The van der Waals surface area contributed by atoms with Crippen LogP contribution in [0.1, 0.15) is 5.56 Å². The highest BCUT2D eigenvalue weighted by Crippen LogP contribution is 2.32. The van der Waals surface area contributed by atoms with Gasteiger partial charge in [0, 0.05) is 27.3 Å². The van der Waals surface area contributed by atoms with Crippen molar-refractivity contribution in [2.45, 2.75) is 10.1 Å². The first-order chi connectivity index (χ1) is 8.20. The first-order valence-corrected chi connectivity index (χ1v) is 6.26. The molecular formula is C10H9BrN4OS. The maximum absolute atomic E-state index is 8.58. The third kappa shape index (κ3) is 2.80. The molecule has 0 saturated heterocycles. The van der Waals surface area contributed by atoms with Crippen molar-refractivity contribution in [2.75, 3.05) is 0 Å². The van der Waals surface area contributed by atoms with Crippen molar-refractivity contribution in [1.82, 2.24) is 9.97 Å². The standard InChI is InChI=1S/C10H9BrN4OS/c11-7-5-6(9(12)15-16)1-2-8(7)17-10-13-3-4-14-10/h1-5,16H,(H2,12,15)(H,13,14). The van der Waals surface area contributed by atoms with Crippen molar-refractivity contribution in [2.24, 2.45) is 10.9 Å². The number of hydrogen-bond acceptors (Lipinski definition) is 4. The molecule has 5 nitrogen and oxygen atoms in total. The van der Waals surface area contributed by atoms with Gasteiger partial charge in [-0.05, 0) is 34.1 Å². The lowest BCUT2D eigenvalue weighted by Crippen LogP contribution is -2.12. The summed E-state index contributed by atoms with van der Waals surface area (Å²) >= 11 is 4.93. The fourth-order valence-corrected chi connectivity index (χ4v) is 2.57. The third-order valence-electron chi connectivity index (χ3n) is 2.02. The number of halogens is 1. The van der Waals surface area contributed by atoms with Gasteiger partial charge >= 0.3 is 0 Å². The minimum atomic E-state index is 0.0836. The van der Waals surface area contributed by atoms with E-state index in [4.69, 9.17) is 10.9 Å². The number of nitrogens with two attached hydrogens (primary N) is 1. The summed E-state index contributed by atoms with van der Waals surface area (Å²) in [6, 6.07) is 5.45. The molecule has 4 N–H and O–H groups in total. The van der Waals surface area contributed by atoms with E-state index in [1.165, 1.54) is 11.8 Å². The summed E-state index contributed by atoms with van der Waals surface area (Å²) in [5.41, 5.74) is 6.16. The number of imidazole rings is 1. The lowest BCUT2D eigenvalue weighted by molar-refractivity contribution is 0.318. The molecule has 7 heteroatoms. The van der Waals surface area contributed by atoms with Crippen LogP contribution in [0, 0.1) is 0 Å². The Labute approximate surface area is 110 Å². The molecule has 0 amide bonds. The van der Waals surface area contributed by atoms with Crippen LogP contribution in [0.5, 0.6) is 0 Å². The molecule has 17 heavy (non-hydrogen) atoms. The average molecular weight is 313 g/mol. The van der Waals surface area contributed by atoms with E-state index in [1.54, 1.807) is 24.5 Å². The molecule has 0 bridgehead atoms. The van der Waals surface area contributed by atoms with Crippen molar-refractivity contribution < 1.29 is 5.21 Å². The fourth-order valence-electron chi connectivity index (χ4n) is 1.21. The molecule has 0 saturated carbocycles. The van der Waals surface area contributed by atoms with E-state index >= 15 is 0 Å². The molecule has 1 aromatic heterocycles. The predicted molar refractivity (Wildman–Crippen MR) is 69.4 cm³/mol. The third-order valence-corrected chi connectivity index (χ3v) is 3.93. The Kier molecular flexibility index (Phi) is 3.70. The second kappa shape index (κ2) is 5.24. The number of oxime groups is 1. The van der Waals surface area contributed by atoms with Crippen LogP contribution >= 0.6 is 27.7 Å². The van der Waals surface area contributed by atoms with Gasteiger partial charge in [-0.15, -0.1) is 0 Å². The maximum atomic E-state index is 8.58. The summed E-state index contributed by atoms with van der Waals surface area (Å²) < 4.78 is 0.864. The van der Waals surface area contributed by atoms with E-state index in [-0.39, 0.29) is 5.84 Å². The highest BCUT2D eigenvalue weighted by atomic mass is 79.9. The van der Waals surface area contributed by atoms with Crippen molar-refractivity contribution in [1.29, 1.82) is 0 Å². The zero-order chi connectivity index (χ0) is 12.3. The van der Waals surface area contributed by atoms with Gasteiger partial charge < -0.3 is 15.9 Å². The zero-order valence-electron chi connectivity index (χ0n) is 8.59. The SMILES string of the molecule is N/C(=N/O)c1ccc(Sc2ncc[nH]2)c(Br)c1. The van der Waals surface area contributed by atoms with Gasteiger partial charge in [-0.3, -0.25) is 0 Å². The molecular weight excluding hydrogens is 304 g/mol. The zero-order valence-corrected chi connectivity index (χ0v) is 11.0. The van der Waals surface area contributed by atoms with Gasteiger partial charge in [0.25, 0.3) is 0 Å². The molecule has 1 aromatic carbocycles. The molecule has 0 radical (unpaired) electrons. The lowest BCUT2D eigenvalue weighted by atomic mass is 10.2. The summed E-state index contributed by atoms with van der Waals surface area (Å²) in [6.45, 7) is 0. The van der Waals surface area contributed by atoms with Gasteiger partial charge in [0.05, 0.1) is 0 Å². The summed E-state index contributed by atoms with van der Waals surface area (Å²) in [7, 11) is 0. The molecule has 0 fully saturated rings. The molecule has 2 rings (SSSR count). The van der Waals surface area contributed by atoms with E-state index in [2.05, 4.69) is 31.1 Å². The molecule has 0 aliphatic heterocycles. The maximum Gasteiger partial charge on any atom is 0.170 e. The number of aromatic nitrogens is 2. The Bertz CT molecular complexity index is 541. The summed E-state index contributed by atoms with van der Waals surface area (Å²) in [5.74, 6) is 0.0836. The number of H-pyrrole nitrogens is 1. The van der Waals surface area contributed by atoms with Crippen LogP contribution in [0.3, 0.4) is 0 Å². The van der Waals surface area contributed by atoms with Gasteiger partial charge in [-0.2, -0.15) is 0 Å². The number of hydrogen-bond donors (Lipinski definition) is 3.